The van der Waals surface area contributed by atoms with Gasteiger partial charge in [0, 0.05) is 18.9 Å². The summed E-state index contributed by atoms with van der Waals surface area (Å²) in [4.78, 5) is 8.31. The minimum atomic E-state index is 0.688. The number of aromatic nitrogens is 6. The molecule has 1 N–H and O–H groups in total. The van der Waals surface area contributed by atoms with E-state index in [4.69, 9.17) is 0 Å². The molecule has 3 rings (SSSR count). The van der Waals surface area contributed by atoms with E-state index in [2.05, 4.69) is 32.4 Å². The number of pyridine rings is 1. The van der Waals surface area contributed by atoms with Crippen molar-refractivity contribution in [1.29, 1.82) is 0 Å². The largest absolute Gasteiger partial charge is 0.376 e. The molecule has 0 bridgehead atoms. The van der Waals surface area contributed by atoms with Crippen molar-refractivity contribution in [1.82, 2.24) is 29.5 Å². The molecule has 0 saturated heterocycles. The fraction of sp³-hybridized carbons (Fsp3) is 0.286. The number of nitrogens with zero attached hydrogens (tertiary/aromatic N) is 6. The summed E-state index contributed by atoms with van der Waals surface area (Å²) < 4.78 is 3.66. The highest BCUT2D eigenvalue weighted by Crippen LogP contribution is 2.16. The maximum atomic E-state index is 4.36. The Morgan fingerprint density at radius 1 is 1.19 bits per heavy atom. The Bertz CT molecular complexity index is 687. The Morgan fingerprint density at radius 2 is 2.14 bits per heavy atom. The van der Waals surface area contributed by atoms with Crippen LogP contribution in [0, 0.1) is 0 Å². The van der Waals surface area contributed by atoms with Gasteiger partial charge in [-0.15, -0.1) is 0 Å². The number of anilines is 1. The van der Waals surface area contributed by atoms with E-state index < -0.39 is 0 Å². The predicted octanol–water partition coefficient (Wildman–Crippen LogP) is 1.88. The number of aryl methyl sites for hydroxylation is 1. The average Bonchev–Trinajstić information content (AvgIpc) is 3.17. The summed E-state index contributed by atoms with van der Waals surface area (Å²) in [6.07, 6.45) is 7.76. The second-order valence-electron chi connectivity index (χ2n) is 4.61. The van der Waals surface area contributed by atoms with Crippen molar-refractivity contribution in [2.75, 3.05) is 5.32 Å². The minimum absolute atomic E-state index is 0.688. The first-order valence-electron chi connectivity index (χ1n) is 6.93. The smallest absolute Gasteiger partial charge is 0.178 e. The lowest BCUT2D eigenvalue weighted by atomic mass is 10.3. The predicted molar refractivity (Wildman–Crippen MR) is 79.0 cm³/mol. The maximum Gasteiger partial charge on any atom is 0.178 e. The monoisotopic (exact) mass is 283 g/mol. The zero-order valence-corrected chi connectivity index (χ0v) is 11.8. The molecule has 0 amide bonds. The molecule has 108 valence electrons. The molecule has 0 aromatic carbocycles. The van der Waals surface area contributed by atoms with Gasteiger partial charge in [0.05, 0.1) is 17.9 Å². The second kappa shape index (κ2) is 6.17. The van der Waals surface area contributed by atoms with E-state index in [-0.39, 0.29) is 0 Å². The molecule has 0 saturated carbocycles. The normalized spacial score (nSPS) is 10.7. The molecule has 0 aliphatic rings. The van der Waals surface area contributed by atoms with E-state index in [0.29, 0.717) is 6.54 Å². The Hall–Kier alpha value is -2.70. The summed E-state index contributed by atoms with van der Waals surface area (Å²) in [5.74, 6) is 0.733. The van der Waals surface area contributed by atoms with Gasteiger partial charge in [-0.3, -0.25) is 4.68 Å². The van der Waals surface area contributed by atoms with Crippen molar-refractivity contribution < 1.29 is 0 Å². The van der Waals surface area contributed by atoms with Crippen molar-refractivity contribution in [2.45, 2.75) is 26.4 Å². The zero-order chi connectivity index (χ0) is 14.5. The summed E-state index contributed by atoms with van der Waals surface area (Å²) in [7, 11) is 0. The van der Waals surface area contributed by atoms with Gasteiger partial charge in [0.25, 0.3) is 0 Å². The first-order chi connectivity index (χ1) is 10.4. The molecule has 3 aromatic rings. The quantitative estimate of drug-likeness (QED) is 0.747. The maximum absolute atomic E-state index is 4.36. The summed E-state index contributed by atoms with van der Waals surface area (Å²) in [6.45, 7) is 3.75. The SMILES string of the molecule is CCCn1nccc1CNc1cccnc1-n1cncn1. The molecule has 0 spiro atoms. The molecule has 0 fully saturated rings. The lowest BCUT2D eigenvalue weighted by molar-refractivity contribution is 0.578. The molecular formula is C14H17N7. The molecule has 0 aliphatic carbocycles. The Labute approximate surface area is 122 Å². The molecule has 0 atom stereocenters. The van der Waals surface area contributed by atoms with Gasteiger partial charge in [0.1, 0.15) is 12.7 Å². The first kappa shape index (κ1) is 13.3. The van der Waals surface area contributed by atoms with Crippen LogP contribution < -0.4 is 5.32 Å². The van der Waals surface area contributed by atoms with E-state index in [1.807, 2.05) is 29.1 Å². The van der Waals surface area contributed by atoms with Gasteiger partial charge in [0.15, 0.2) is 5.82 Å². The van der Waals surface area contributed by atoms with Crippen molar-refractivity contribution >= 4 is 5.69 Å². The molecule has 7 heteroatoms. The molecule has 21 heavy (non-hydrogen) atoms. The number of nitrogens with one attached hydrogen (secondary N) is 1. The molecule has 3 aromatic heterocycles. The zero-order valence-electron chi connectivity index (χ0n) is 11.8. The van der Waals surface area contributed by atoms with Crippen molar-refractivity contribution in [3.8, 4) is 5.82 Å². The van der Waals surface area contributed by atoms with Crippen LogP contribution >= 0.6 is 0 Å². The second-order valence-corrected chi connectivity index (χ2v) is 4.61. The first-order valence-corrected chi connectivity index (χ1v) is 6.93. The Kier molecular flexibility index (Phi) is 3.90. The van der Waals surface area contributed by atoms with Crippen LogP contribution in [-0.2, 0) is 13.1 Å². The van der Waals surface area contributed by atoms with Crippen LogP contribution in [0.1, 0.15) is 19.0 Å². The van der Waals surface area contributed by atoms with E-state index in [9.17, 15) is 0 Å². The average molecular weight is 283 g/mol. The topological polar surface area (TPSA) is 73.5 Å². The van der Waals surface area contributed by atoms with Gasteiger partial charge in [-0.05, 0) is 24.6 Å². The van der Waals surface area contributed by atoms with Gasteiger partial charge < -0.3 is 5.32 Å². The van der Waals surface area contributed by atoms with Gasteiger partial charge in [-0.25, -0.2) is 14.6 Å². The van der Waals surface area contributed by atoms with Crippen LogP contribution in [0.15, 0.2) is 43.2 Å². The molecular weight excluding hydrogens is 266 g/mol. The van der Waals surface area contributed by atoms with E-state index in [1.165, 1.54) is 6.33 Å². The third-order valence-corrected chi connectivity index (χ3v) is 3.12. The summed E-state index contributed by atoms with van der Waals surface area (Å²) >= 11 is 0. The fourth-order valence-electron chi connectivity index (χ4n) is 2.14. The molecule has 0 radical (unpaired) electrons. The summed E-state index contributed by atoms with van der Waals surface area (Å²) in [5.41, 5.74) is 2.05. The minimum Gasteiger partial charge on any atom is -0.376 e. The Balaban J connectivity index is 1.78. The van der Waals surface area contributed by atoms with Crippen LogP contribution in [-0.4, -0.2) is 29.5 Å². The van der Waals surface area contributed by atoms with E-state index >= 15 is 0 Å². The highest BCUT2D eigenvalue weighted by molar-refractivity contribution is 5.56. The van der Waals surface area contributed by atoms with Gasteiger partial charge in [-0.2, -0.15) is 10.2 Å². The van der Waals surface area contributed by atoms with Gasteiger partial charge in [-0.1, -0.05) is 6.92 Å². The highest BCUT2D eigenvalue weighted by atomic mass is 15.3. The fourth-order valence-corrected chi connectivity index (χ4v) is 2.14. The van der Waals surface area contributed by atoms with Crippen molar-refractivity contribution in [2.24, 2.45) is 0 Å². The number of hydrogen-bond acceptors (Lipinski definition) is 5. The van der Waals surface area contributed by atoms with Crippen LogP contribution in [0.3, 0.4) is 0 Å². The third kappa shape index (κ3) is 2.91. The lowest BCUT2D eigenvalue weighted by Crippen LogP contribution is -2.11. The highest BCUT2D eigenvalue weighted by Gasteiger charge is 2.07. The van der Waals surface area contributed by atoms with Gasteiger partial charge >= 0.3 is 0 Å². The molecule has 3 heterocycles. The number of rotatable bonds is 6. The van der Waals surface area contributed by atoms with Gasteiger partial charge in [0.2, 0.25) is 0 Å². The number of hydrogen-bond donors (Lipinski definition) is 1. The van der Waals surface area contributed by atoms with E-state index in [1.54, 1.807) is 17.2 Å². The van der Waals surface area contributed by atoms with Crippen molar-refractivity contribution in [3.05, 3.63) is 48.9 Å². The van der Waals surface area contributed by atoms with Crippen LogP contribution in [0.25, 0.3) is 5.82 Å². The lowest BCUT2D eigenvalue weighted by Gasteiger charge is -2.11. The Morgan fingerprint density at radius 3 is 2.95 bits per heavy atom. The molecule has 0 aliphatic heterocycles. The summed E-state index contributed by atoms with van der Waals surface area (Å²) in [5, 5.41) is 11.8. The van der Waals surface area contributed by atoms with E-state index in [0.717, 1.165) is 30.2 Å². The van der Waals surface area contributed by atoms with Crippen LogP contribution in [0.5, 0.6) is 0 Å². The summed E-state index contributed by atoms with van der Waals surface area (Å²) in [6, 6.07) is 5.89. The van der Waals surface area contributed by atoms with Crippen LogP contribution in [0.4, 0.5) is 5.69 Å². The molecule has 7 nitrogen and oxygen atoms in total. The third-order valence-electron chi connectivity index (χ3n) is 3.12. The molecule has 0 unspecified atom stereocenters. The van der Waals surface area contributed by atoms with Crippen molar-refractivity contribution in [3.63, 3.8) is 0 Å². The standard InChI is InChI=1S/C14H17N7/c1-2-8-20-12(5-7-18-20)9-17-13-4-3-6-16-14(13)21-11-15-10-19-21/h3-7,10-11,17H,2,8-9H2,1H3. The van der Waals surface area contributed by atoms with Crippen LogP contribution in [0.2, 0.25) is 0 Å².